The number of urea groups is 1. The summed E-state index contributed by atoms with van der Waals surface area (Å²) in [4.78, 5) is 14.8. The zero-order chi connectivity index (χ0) is 22.9. The van der Waals surface area contributed by atoms with Crippen molar-refractivity contribution in [2.24, 2.45) is 0 Å². The van der Waals surface area contributed by atoms with Gasteiger partial charge in [-0.05, 0) is 69.1 Å². The van der Waals surface area contributed by atoms with Crippen molar-refractivity contribution in [1.82, 2.24) is 10.2 Å². The summed E-state index contributed by atoms with van der Waals surface area (Å²) in [5, 5.41) is 5.60. The van der Waals surface area contributed by atoms with Gasteiger partial charge in [0.05, 0.1) is 14.2 Å². The smallest absolute Gasteiger partial charge is 0.319 e. The molecule has 0 radical (unpaired) electrons. The molecular weight excluding hydrogens is 452 g/mol. The van der Waals surface area contributed by atoms with Crippen LogP contribution in [0.2, 0.25) is 0 Å². The molecule has 2 aliphatic rings. The molecule has 33 heavy (non-hydrogen) atoms. The fourth-order valence-corrected chi connectivity index (χ4v) is 5.32. The molecule has 3 atom stereocenters. The molecule has 0 spiro atoms. The minimum absolute atomic E-state index is 0. The van der Waals surface area contributed by atoms with E-state index >= 15 is 0 Å². The summed E-state index contributed by atoms with van der Waals surface area (Å²) in [7, 11) is 5.39. The number of anilines is 1. The Morgan fingerprint density at radius 2 is 1.82 bits per heavy atom. The number of hydrogen-bond acceptors (Lipinski definition) is 4. The van der Waals surface area contributed by atoms with E-state index in [1.807, 2.05) is 6.07 Å². The molecule has 9 heteroatoms. The highest BCUT2D eigenvalue weighted by molar-refractivity contribution is 5.89. The van der Waals surface area contributed by atoms with Gasteiger partial charge in [0.25, 0.3) is 0 Å². The fraction of sp³-hybridized carbons (Fsp3) is 0.458. The number of methoxy groups -OCH3 is 2. The molecule has 2 amide bonds. The van der Waals surface area contributed by atoms with Crippen LogP contribution < -0.4 is 20.1 Å². The fourth-order valence-electron chi connectivity index (χ4n) is 5.32. The molecular formula is C24H30ClF2N3O3. The number of nitrogens with zero attached hydrogens (tertiary/aromatic N) is 1. The molecule has 0 bridgehead atoms. The first kappa shape index (κ1) is 25.1. The van der Waals surface area contributed by atoms with Crippen LogP contribution in [0.15, 0.2) is 36.4 Å². The number of rotatable bonds is 5. The number of amides is 2. The lowest BCUT2D eigenvalue weighted by atomic mass is 9.65. The normalized spacial score (nSPS) is 24.4. The number of benzene rings is 2. The second-order valence-corrected chi connectivity index (χ2v) is 8.67. The van der Waals surface area contributed by atoms with E-state index in [4.69, 9.17) is 9.47 Å². The number of hydrogen-bond donors (Lipinski definition) is 2. The maximum Gasteiger partial charge on any atom is 0.319 e. The number of nitrogens with one attached hydrogen (secondary N) is 2. The van der Waals surface area contributed by atoms with Gasteiger partial charge in [-0.3, -0.25) is 0 Å². The second kappa shape index (κ2) is 10.1. The van der Waals surface area contributed by atoms with E-state index in [9.17, 15) is 13.6 Å². The van der Waals surface area contributed by atoms with Gasteiger partial charge in [0.15, 0.2) is 23.1 Å². The van der Waals surface area contributed by atoms with E-state index in [-0.39, 0.29) is 35.6 Å². The lowest BCUT2D eigenvalue weighted by Gasteiger charge is -2.45. The molecule has 2 aromatic rings. The predicted molar refractivity (Wildman–Crippen MR) is 126 cm³/mol. The van der Waals surface area contributed by atoms with Gasteiger partial charge in [0, 0.05) is 29.3 Å². The van der Waals surface area contributed by atoms with Gasteiger partial charge in [-0.1, -0.05) is 6.07 Å². The molecule has 4 rings (SSSR count). The topological polar surface area (TPSA) is 62.8 Å². The summed E-state index contributed by atoms with van der Waals surface area (Å²) in [5.74, 6) is -0.509. The molecule has 1 aliphatic carbocycles. The maximum atomic E-state index is 13.4. The van der Waals surface area contributed by atoms with Gasteiger partial charge in [0.1, 0.15) is 0 Å². The van der Waals surface area contributed by atoms with Gasteiger partial charge < -0.3 is 25.0 Å². The molecule has 0 aromatic heterocycles. The first-order valence-electron chi connectivity index (χ1n) is 10.8. The number of ether oxygens (including phenoxy) is 2. The van der Waals surface area contributed by atoms with E-state index < -0.39 is 17.7 Å². The van der Waals surface area contributed by atoms with Crippen molar-refractivity contribution in [3.05, 3.63) is 53.6 Å². The first-order chi connectivity index (χ1) is 15.4. The zero-order valence-electron chi connectivity index (χ0n) is 19.0. The lowest BCUT2D eigenvalue weighted by molar-refractivity contribution is 0.156. The van der Waals surface area contributed by atoms with E-state index in [2.05, 4.69) is 34.7 Å². The summed E-state index contributed by atoms with van der Waals surface area (Å²) in [6.45, 7) is 0.979. The van der Waals surface area contributed by atoms with E-state index in [0.29, 0.717) is 5.75 Å². The van der Waals surface area contributed by atoms with E-state index in [1.54, 1.807) is 14.2 Å². The average Bonchev–Trinajstić information content (AvgIpc) is 3.13. The molecule has 2 N–H and O–H groups in total. The van der Waals surface area contributed by atoms with Crippen LogP contribution in [0.5, 0.6) is 11.5 Å². The third-order valence-electron chi connectivity index (χ3n) is 7.00. The lowest BCUT2D eigenvalue weighted by Crippen LogP contribution is -2.52. The number of fused-ring (bicyclic) bond motifs is 1. The SMILES string of the molecule is COc1ccc([C@@]23CC[C@@H](NC(=O)Nc4ccc(F)c(F)c4)C[C@@H]2N(C)CC3)cc1OC.Cl. The van der Waals surface area contributed by atoms with Gasteiger partial charge in [-0.2, -0.15) is 0 Å². The molecule has 1 saturated carbocycles. The maximum absolute atomic E-state index is 13.4. The highest BCUT2D eigenvalue weighted by Gasteiger charge is 2.50. The highest BCUT2D eigenvalue weighted by atomic mass is 35.5. The third-order valence-corrected chi connectivity index (χ3v) is 7.00. The van der Waals surface area contributed by atoms with Crippen molar-refractivity contribution in [3.8, 4) is 11.5 Å². The van der Waals surface area contributed by atoms with Gasteiger partial charge >= 0.3 is 6.03 Å². The Bertz CT molecular complexity index is 1010. The van der Waals surface area contributed by atoms with Crippen molar-refractivity contribution >= 4 is 24.1 Å². The molecule has 0 unspecified atom stereocenters. The number of carbonyl (C=O) groups is 1. The Hall–Kier alpha value is -2.58. The Morgan fingerprint density at radius 3 is 2.52 bits per heavy atom. The molecule has 2 fully saturated rings. The van der Waals surface area contributed by atoms with Crippen LogP contribution in [0.4, 0.5) is 19.3 Å². The van der Waals surface area contributed by atoms with E-state index in [1.165, 1.54) is 11.6 Å². The molecule has 6 nitrogen and oxygen atoms in total. The van der Waals surface area contributed by atoms with Crippen molar-refractivity contribution in [1.29, 1.82) is 0 Å². The Morgan fingerprint density at radius 1 is 1.06 bits per heavy atom. The Balaban J connectivity index is 0.00000306. The molecule has 2 aromatic carbocycles. The van der Waals surface area contributed by atoms with Crippen molar-refractivity contribution < 1.29 is 23.0 Å². The monoisotopic (exact) mass is 481 g/mol. The minimum atomic E-state index is -0.993. The van der Waals surface area contributed by atoms with E-state index in [0.717, 1.165) is 50.1 Å². The molecule has 180 valence electrons. The number of likely N-dealkylation sites (tertiary alicyclic amines) is 1. The van der Waals surface area contributed by atoms with Crippen LogP contribution in [0.1, 0.15) is 31.2 Å². The van der Waals surface area contributed by atoms with Crippen LogP contribution in [-0.2, 0) is 5.41 Å². The van der Waals surface area contributed by atoms with Gasteiger partial charge in [-0.25, -0.2) is 13.6 Å². The van der Waals surface area contributed by atoms with Crippen molar-refractivity contribution in [2.45, 2.75) is 43.2 Å². The van der Waals surface area contributed by atoms with Crippen molar-refractivity contribution in [3.63, 3.8) is 0 Å². The molecule has 1 saturated heterocycles. The summed E-state index contributed by atoms with van der Waals surface area (Å²) in [5.41, 5.74) is 1.44. The standard InChI is InChI=1S/C24H29F2N3O3.ClH/c1-29-11-10-24(15-4-7-20(31-2)21(12-15)32-3)9-8-17(14-22(24)29)28-23(30)27-16-5-6-18(25)19(26)13-16;/h4-7,12-13,17,22H,8-11,14H2,1-3H3,(H2,27,28,30);1H/t17-,22+,24+;/m1./s1. The third kappa shape index (κ3) is 4.87. The van der Waals surface area contributed by atoms with Crippen molar-refractivity contribution in [2.75, 3.05) is 33.1 Å². The number of halogens is 3. The summed E-state index contributed by atoms with van der Waals surface area (Å²) in [6.07, 6.45) is 3.59. The average molecular weight is 482 g/mol. The van der Waals surface area contributed by atoms with Gasteiger partial charge in [0.2, 0.25) is 0 Å². The zero-order valence-corrected chi connectivity index (χ0v) is 19.8. The Kier molecular flexibility index (Phi) is 7.69. The summed E-state index contributed by atoms with van der Waals surface area (Å²) < 4.78 is 37.5. The summed E-state index contributed by atoms with van der Waals surface area (Å²) in [6, 6.07) is 9.30. The number of likely N-dealkylation sites (N-methyl/N-ethyl adjacent to an activating group) is 1. The highest BCUT2D eigenvalue weighted by Crippen LogP contribution is 2.49. The van der Waals surface area contributed by atoms with Crippen LogP contribution in [-0.4, -0.2) is 50.8 Å². The van der Waals surface area contributed by atoms with Crippen LogP contribution in [0, 0.1) is 11.6 Å². The van der Waals surface area contributed by atoms with Gasteiger partial charge in [-0.15, -0.1) is 12.4 Å². The van der Waals surface area contributed by atoms with Crippen LogP contribution >= 0.6 is 12.4 Å². The molecule has 1 aliphatic heterocycles. The largest absolute Gasteiger partial charge is 0.493 e. The summed E-state index contributed by atoms with van der Waals surface area (Å²) >= 11 is 0. The predicted octanol–water partition coefficient (Wildman–Crippen LogP) is 4.72. The Labute approximate surface area is 199 Å². The number of carbonyl (C=O) groups excluding carboxylic acids is 1. The quantitative estimate of drug-likeness (QED) is 0.648. The van der Waals surface area contributed by atoms with Crippen LogP contribution in [0.25, 0.3) is 0 Å². The van der Waals surface area contributed by atoms with Crippen LogP contribution in [0.3, 0.4) is 0 Å². The minimum Gasteiger partial charge on any atom is -0.493 e. The second-order valence-electron chi connectivity index (χ2n) is 8.67. The molecule has 1 heterocycles. The first-order valence-corrected chi connectivity index (χ1v) is 10.8.